The maximum absolute atomic E-state index is 12.8. The maximum Gasteiger partial charge on any atom is 0.220 e. The number of nitrogens with one attached hydrogen (secondary N) is 1. The van der Waals surface area contributed by atoms with Gasteiger partial charge in [-0.2, -0.15) is 0 Å². The molecule has 0 heterocycles. The normalized spacial score (nSPS) is 11.9. The molecule has 1 N–H and O–H groups in total. The molecule has 0 saturated heterocycles. The van der Waals surface area contributed by atoms with E-state index in [2.05, 4.69) is 5.32 Å². The Kier molecular flexibility index (Phi) is 6.94. The lowest BCUT2D eigenvalue weighted by Gasteiger charge is -2.06. The fourth-order valence-corrected chi connectivity index (χ4v) is 3.17. The van der Waals surface area contributed by atoms with Gasteiger partial charge in [0.15, 0.2) is 0 Å². The van der Waals surface area contributed by atoms with Gasteiger partial charge in [-0.1, -0.05) is 42.5 Å². The van der Waals surface area contributed by atoms with Gasteiger partial charge in [-0.3, -0.25) is 9.00 Å². The first kappa shape index (κ1) is 17.3. The molecule has 1 unspecified atom stereocenters. The van der Waals surface area contributed by atoms with Crippen LogP contribution >= 0.6 is 0 Å². The Morgan fingerprint density at radius 1 is 1.00 bits per heavy atom. The van der Waals surface area contributed by atoms with E-state index in [1.165, 1.54) is 12.1 Å². The van der Waals surface area contributed by atoms with E-state index in [-0.39, 0.29) is 11.7 Å². The van der Waals surface area contributed by atoms with Gasteiger partial charge in [-0.25, -0.2) is 4.39 Å². The fourth-order valence-electron chi connectivity index (χ4n) is 2.13. The van der Waals surface area contributed by atoms with Crippen molar-refractivity contribution in [3.8, 4) is 0 Å². The van der Waals surface area contributed by atoms with E-state index in [1.807, 2.05) is 30.3 Å². The number of halogens is 1. The fraction of sp³-hybridized carbons (Fsp3) is 0.278. The number of amides is 1. The largest absolute Gasteiger partial charge is 0.355 e. The van der Waals surface area contributed by atoms with Gasteiger partial charge in [-0.05, 0) is 29.7 Å². The van der Waals surface area contributed by atoms with Crippen molar-refractivity contribution < 1.29 is 13.4 Å². The summed E-state index contributed by atoms with van der Waals surface area (Å²) in [5, 5.41) is 2.77. The van der Waals surface area contributed by atoms with Gasteiger partial charge >= 0.3 is 0 Å². The van der Waals surface area contributed by atoms with E-state index in [0.29, 0.717) is 30.9 Å². The third-order valence-corrected chi connectivity index (χ3v) is 4.69. The summed E-state index contributed by atoms with van der Waals surface area (Å²) in [4.78, 5) is 11.7. The Morgan fingerprint density at radius 2 is 1.70 bits per heavy atom. The van der Waals surface area contributed by atoms with Crippen molar-refractivity contribution in [2.24, 2.45) is 0 Å². The molecular weight excluding hydrogens is 313 g/mol. The van der Waals surface area contributed by atoms with Crippen LogP contribution in [-0.2, 0) is 27.8 Å². The van der Waals surface area contributed by atoms with Gasteiger partial charge < -0.3 is 5.32 Å². The molecule has 0 radical (unpaired) electrons. The van der Waals surface area contributed by atoms with Crippen molar-refractivity contribution in [3.05, 3.63) is 71.5 Å². The van der Waals surface area contributed by atoms with Gasteiger partial charge in [-0.15, -0.1) is 0 Å². The first-order chi connectivity index (χ1) is 11.1. The molecule has 122 valence electrons. The van der Waals surface area contributed by atoms with Crippen molar-refractivity contribution in [2.45, 2.75) is 18.6 Å². The lowest BCUT2D eigenvalue weighted by atomic mass is 10.1. The SMILES string of the molecule is O=C(CCc1ccc(F)cc1)NCCS(=O)Cc1ccccc1. The van der Waals surface area contributed by atoms with E-state index < -0.39 is 10.8 Å². The zero-order valence-corrected chi connectivity index (χ0v) is 13.7. The Hall–Kier alpha value is -2.01. The highest BCUT2D eigenvalue weighted by atomic mass is 32.2. The molecule has 0 aromatic heterocycles. The van der Waals surface area contributed by atoms with Crippen LogP contribution < -0.4 is 5.32 Å². The molecule has 0 fully saturated rings. The number of aryl methyl sites for hydroxylation is 1. The molecule has 1 atom stereocenters. The average molecular weight is 333 g/mol. The van der Waals surface area contributed by atoms with Crippen LogP contribution in [0.25, 0.3) is 0 Å². The molecule has 23 heavy (non-hydrogen) atoms. The minimum absolute atomic E-state index is 0.0777. The molecule has 5 heteroatoms. The van der Waals surface area contributed by atoms with Crippen molar-refractivity contribution in [3.63, 3.8) is 0 Å². The summed E-state index contributed by atoms with van der Waals surface area (Å²) in [6.07, 6.45) is 0.913. The van der Waals surface area contributed by atoms with Crippen LogP contribution in [0.1, 0.15) is 17.5 Å². The third kappa shape index (κ3) is 6.74. The molecule has 3 nitrogen and oxygen atoms in total. The Labute approximate surface area is 138 Å². The van der Waals surface area contributed by atoms with E-state index in [4.69, 9.17) is 0 Å². The van der Waals surface area contributed by atoms with Crippen LogP contribution in [0.4, 0.5) is 4.39 Å². The molecule has 0 aliphatic rings. The standard InChI is InChI=1S/C18H20FNO2S/c19-17-9-6-15(7-10-17)8-11-18(21)20-12-13-23(22)14-16-4-2-1-3-5-16/h1-7,9-10H,8,11-14H2,(H,20,21). The summed E-state index contributed by atoms with van der Waals surface area (Å²) in [5.74, 6) is 0.592. The van der Waals surface area contributed by atoms with E-state index in [0.717, 1.165) is 11.1 Å². The van der Waals surface area contributed by atoms with Gasteiger partial charge in [0.1, 0.15) is 5.82 Å². The first-order valence-corrected chi connectivity index (χ1v) is 9.02. The number of carbonyl (C=O) groups is 1. The second kappa shape index (κ2) is 9.20. The number of benzene rings is 2. The molecule has 2 aromatic rings. The Balaban J connectivity index is 1.62. The third-order valence-electron chi connectivity index (χ3n) is 3.38. The van der Waals surface area contributed by atoms with E-state index in [9.17, 15) is 13.4 Å². The molecule has 2 aromatic carbocycles. The summed E-state index contributed by atoms with van der Waals surface area (Å²) < 4.78 is 24.7. The molecule has 0 saturated carbocycles. The second-order valence-corrected chi connectivity index (χ2v) is 6.83. The smallest absolute Gasteiger partial charge is 0.220 e. The van der Waals surface area contributed by atoms with Crippen molar-refractivity contribution in [1.82, 2.24) is 5.32 Å². The molecule has 0 aliphatic carbocycles. The highest BCUT2D eigenvalue weighted by molar-refractivity contribution is 7.84. The highest BCUT2D eigenvalue weighted by Crippen LogP contribution is 2.05. The molecule has 0 bridgehead atoms. The quantitative estimate of drug-likeness (QED) is 0.807. The van der Waals surface area contributed by atoms with Crippen LogP contribution in [-0.4, -0.2) is 22.4 Å². The minimum atomic E-state index is -0.986. The number of hydrogen-bond acceptors (Lipinski definition) is 2. The Morgan fingerprint density at radius 3 is 2.39 bits per heavy atom. The van der Waals surface area contributed by atoms with Gasteiger partial charge in [0.2, 0.25) is 5.91 Å². The molecular formula is C18H20FNO2S. The first-order valence-electron chi connectivity index (χ1n) is 7.53. The topological polar surface area (TPSA) is 46.2 Å². The zero-order chi connectivity index (χ0) is 16.5. The number of carbonyl (C=O) groups excluding carboxylic acids is 1. The van der Waals surface area contributed by atoms with Gasteiger partial charge in [0.05, 0.1) is 0 Å². The summed E-state index contributed by atoms with van der Waals surface area (Å²) >= 11 is 0. The lowest BCUT2D eigenvalue weighted by molar-refractivity contribution is -0.120. The summed E-state index contributed by atoms with van der Waals surface area (Å²) in [5.41, 5.74) is 1.96. The molecule has 2 rings (SSSR count). The monoisotopic (exact) mass is 333 g/mol. The highest BCUT2D eigenvalue weighted by Gasteiger charge is 2.05. The molecule has 1 amide bonds. The predicted octanol–water partition coefficient (Wildman–Crippen LogP) is 2.82. The minimum Gasteiger partial charge on any atom is -0.355 e. The van der Waals surface area contributed by atoms with Crippen LogP contribution in [0.15, 0.2) is 54.6 Å². The van der Waals surface area contributed by atoms with Crippen LogP contribution in [0.2, 0.25) is 0 Å². The van der Waals surface area contributed by atoms with Gasteiger partial charge in [0.25, 0.3) is 0 Å². The maximum atomic E-state index is 12.8. The predicted molar refractivity (Wildman–Crippen MR) is 90.9 cm³/mol. The van der Waals surface area contributed by atoms with E-state index in [1.54, 1.807) is 12.1 Å². The molecule has 0 spiro atoms. The number of hydrogen-bond donors (Lipinski definition) is 1. The summed E-state index contributed by atoms with van der Waals surface area (Å²) in [6, 6.07) is 15.8. The lowest BCUT2D eigenvalue weighted by Crippen LogP contribution is -2.28. The summed E-state index contributed by atoms with van der Waals surface area (Å²) in [6.45, 7) is 0.404. The van der Waals surface area contributed by atoms with Crippen LogP contribution in [0, 0.1) is 5.82 Å². The zero-order valence-electron chi connectivity index (χ0n) is 12.8. The van der Waals surface area contributed by atoms with Crippen LogP contribution in [0.5, 0.6) is 0 Å². The van der Waals surface area contributed by atoms with Crippen molar-refractivity contribution in [1.29, 1.82) is 0 Å². The molecule has 0 aliphatic heterocycles. The number of rotatable bonds is 8. The summed E-state index contributed by atoms with van der Waals surface area (Å²) in [7, 11) is -0.986. The van der Waals surface area contributed by atoms with E-state index >= 15 is 0 Å². The Bertz CT molecular complexity index is 644. The second-order valence-electron chi connectivity index (χ2n) is 5.25. The van der Waals surface area contributed by atoms with Crippen molar-refractivity contribution >= 4 is 16.7 Å². The van der Waals surface area contributed by atoms with Gasteiger partial charge in [0, 0.05) is 35.3 Å². The van der Waals surface area contributed by atoms with Crippen LogP contribution in [0.3, 0.4) is 0 Å². The average Bonchev–Trinajstić information content (AvgIpc) is 2.55. The van der Waals surface area contributed by atoms with Crippen molar-refractivity contribution in [2.75, 3.05) is 12.3 Å².